The van der Waals surface area contributed by atoms with E-state index in [0.717, 1.165) is 5.56 Å². The van der Waals surface area contributed by atoms with Crippen LogP contribution in [0, 0.1) is 23.7 Å². The smallest absolute Gasteiger partial charge is 0.308 e. The zero-order valence-electron chi connectivity index (χ0n) is 17.9. The Balaban J connectivity index is 2.61. The van der Waals surface area contributed by atoms with Crippen LogP contribution < -0.4 is 0 Å². The minimum absolute atomic E-state index is 0.0282. The second-order valence-electron chi connectivity index (χ2n) is 7.34. The van der Waals surface area contributed by atoms with Crippen LogP contribution in [0.4, 0.5) is 0 Å². The third kappa shape index (κ3) is 8.80. The normalized spacial score (nSPS) is 13.3. The molecule has 7 heteroatoms. The van der Waals surface area contributed by atoms with Crippen LogP contribution in [0.25, 0.3) is 0 Å². The fourth-order valence-corrected chi connectivity index (χ4v) is 3.17. The van der Waals surface area contributed by atoms with Crippen LogP contribution in [-0.4, -0.2) is 51.4 Å². The Morgan fingerprint density at radius 1 is 1.17 bits per heavy atom. The summed E-state index contributed by atoms with van der Waals surface area (Å²) in [5.74, 6) is 5.41. The van der Waals surface area contributed by atoms with Crippen LogP contribution in [0.3, 0.4) is 0 Å². The van der Waals surface area contributed by atoms with Crippen molar-refractivity contribution in [3.8, 4) is 11.8 Å². The molecule has 0 saturated heterocycles. The molecule has 0 amide bonds. The minimum atomic E-state index is -3.16. The lowest BCUT2D eigenvalue weighted by Crippen LogP contribution is -2.26. The van der Waals surface area contributed by atoms with Crippen LogP contribution in [0.2, 0.25) is 0 Å². The van der Waals surface area contributed by atoms with E-state index in [2.05, 4.69) is 11.8 Å². The van der Waals surface area contributed by atoms with Crippen molar-refractivity contribution in [1.82, 2.24) is 4.31 Å². The highest BCUT2D eigenvalue weighted by Gasteiger charge is 2.19. The number of nitrogens with zero attached hydrogens (tertiary/aromatic N) is 1. The van der Waals surface area contributed by atoms with Crippen LogP contribution in [0.15, 0.2) is 24.3 Å². The molecule has 0 N–H and O–H groups in total. The van der Waals surface area contributed by atoms with Crippen LogP contribution in [0.5, 0.6) is 0 Å². The third-order valence-corrected chi connectivity index (χ3v) is 6.12. The lowest BCUT2D eigenvalue weighted by molar-refractivity contribution is -0.145. The van der Waals surface area contributed by atoms with E-state index < -0.39 is 10.0 Å². The number of unbranched alkanes of at least 4 members (excludes halogenated alkanes) is 1. The molecule has 0 aromatic heterocycles. The van der Waals surface area contributed by atoms with Gasteiger partial charge in [0.1, 0.15) is 0 Å². The van der Waals surface area contributed by atoms with Crippen molar-refractivity contribution in [2.24, 2.45) is 11.8 Å². The van der Waals surface area contributed by atoms with Gasteiger partial charge in [0.15, 0.2) is 5.78 Å². The number of hydrogen-bond donors (Lipinski definition) is 0. The number of benzene rings is 1. The summed E-state index contributed by atoms with van der Waals surface area (Å²) in [4.78, 5) is 24.2. The first-order valence-electron chi connectivity index (χ1n) is 9.68. The van der Waals surface area contributed by atoms with Crippen LogP contribution in [-0.2, 0) is 19.6 Å². The average molecular weight is 422 g/mol. The molecule has 1 rings (SSSR count). The fourth-order valence-electron chi connectivity index (χ4n) is 2.71. The number of ether oxygens (including phenoxy) is 1. The Hall–Kier alpha value is -2.17. The Morgan fingerprint density at radius 3 is 2.45 bits per heavy atom. The zero-order valence-corrected chi connectivity index (χ0v) is 18.7. The summed E-state index contributed by atoms with van der Waals surface area (Å²) in [6.07, 6.45) is 3.60. The van der Waals surface area contributed by atoms with Crippen molar-refractivity contribution in [3.63, 3.8) is 0 Å². The molecule has 1 aromatic rings. The van der Waals surface area contributed by atoms with Crippen molar-refractivity contribution in [2.45, 2.75) is 39.5 Å². The summed E-state index contributed by atoms with van der Waals surface area (Å²) in [5, 5.41) is 0. The monoisotopic (exact) mass is 421 g/mol. The second kappa shape index (κ2) is 11.7. The van der Waals surface area contributed by atoms with Crippen molar-refractivity contribution < 1.29 is 22.7 Å². The van der Waals surface area contributed by atoms with Gasteiger partial charge in [-0.2, -0.15) is 0 Å². The maximum absolute atomic E-state index is 12.7. The third-order valence-electron chi connectivity index (χ3n) is 4.80. The molecule has 1 aromatic carbocycles. The number of carbonyl (C=O) groups is 2. The molecule has 0 fully saturated rings. The summed E-state index contributed by atoms with van der Waals surface area (Å²) in [7, 11) is -0.249. The Bertz CT molecular complexity index is 867. The van der Waals surface area contributed by atoms with E-state index in [-0.39, 0.29) is 23.6 Å². The number of Topliss-reactive ketones (excluding diaryl/α,β-unsaturated/α-hetero) is 1. The average Bonchev–Trinajstić information content (AvgIpc) is 2.69. The molecule has 2 unspecified atom stereocenters. The zero-order chi connectivity index (χ0) is 22.0. The van der Waals surface area contributed by atoms with Gasteiger partial charge in [-0.1, -0.05) is 37.8 Å². The molecule has 6 nitrogen and oxygen atoms in total. The summed E-state index contributed by atoms with van der Waals surface area (Å²) < 4.78 is 28.7. The molecule has 0 spiro atoms. The van der Waals surface area contributed by atoms with Gasteiger partial charge in [0.05, 0.1) is 19.3 Å². The maximum atomic E-state index is 12.7. The van der Waals surface area contributed by atoms with Crippen molar-refractivity contribution in [2.75, 3.05) is 27.0 Å². The lowest BCUT2D eigenvalue weighted by Gasteiger charge is -2.13. The van der Waals surface area contributed by atoms with Gasteiger partial charge in [0.25, 0.3) is 0 Å². The number of methoxy groups -OCH3 is 1. The van der Waals surface area contributed by atoms with Gasteiger partial charge in [0.2, 0.25) is 10.0 Å². The van der Waals surface area contributed by atoms with Crippen molar-refractivity contribution in [1.29, 1.82) is 0 Å². The predicted octanol–water partition coefficient (Wildman–Crippen LogP) is 3.12. The fraction of sp³-hybridized carbons (Fsp3) is 0.545. The van der Waals surface area contributed by atoms with Gasteiger partial charge in [-0.05, 0) is 31.4 Å². The summed E-state index contributed by atoms with van der Waals surface area (Å²) >= 11 is 0. The van der Waals surface area contributed by atoms with Gasteiger partial charge >= 0.3 is 5.97 Å². The number of esters is 1. The number of rotatable bonds is 10. The SMILES string of the molecule is COC(=O)C(C)CCC(C)C(=O)c1cccc(C#CCCCN(C)S(C)(=O)=O)c1. The molecule has 0 aliphatic heterocycles. The highest BCUT2D eigenvalue weighted by atomic mass is 32.2. The number of carbonyl (C=O) groups excluding carboxylic acids is 2. The van der Waals surface area contributed by atoms with Gasteiger partial charge in [-0.15, -0.1) is 0 Å². The minimum Gasteiger partial charge on any atom is -0.469 e. The first kappa shape index (κ1) is 24.9. The predicted molar refractivity (Wildman–Crippen MR) is 114 cm³/mol. The Labute approximate surface area is 174 Å². The first-order valence-corrected chi connectivity index (χ1v) is 11.5. The summed E-state index contributed by atoms with van der Waals surface area (Å²) in [6.45, 7) is 4.09. The van der Waals surface area contributed by atoms with E-state index in [1.54, 1.807) is 32.2 Å². The van der Waals surface area contributed by atoms with Gasteiger partial charge < -0.3 is 4.74 Å². The molecular weight excluding hydrogens is 390 g/mol. The summed E-state index contributed by atoms with van der Waals surface area (Å²) in [6, 6.07) is 7.20. The van der Waals surface area contributed by atoms with Crippen LogP contribution in [0.1, 0.15) is 55.5 Å². The van der Waals surface area contributed by atoms with E-state index in [1.807, 2.05) is 13.0 Å². The molecule has 29 heavy (non-hydrogen) atoms. The highest BCUT2D eigenvalue weighted by Crippen LogP contribution is 2.18. The molecule has 2 atom stereocenters. The highest BCUT2D eigenvalue weighted by molar-refractivity contribution is 7.88. The number of ketones is 1. The van der Waals surface area contributed by atoms with Gasteiger partial charge in [-0.25, -0.2) is 12.7 Å². The Kier molecular flexibility index (Phi) is 10.1. The quantitative estimate of drug-likeness (QED) is 0.251. The Morgan fingerprint density at radius 2 is 1.83 bits per heavy atom. The standard InChI is InChI=1S/C22H31NO5S/c1-17(13-14-18(2)22(25)28-4)21(24)20-12-9-11-19(16-20)10-7-6-8-15-23(3)29(5,26)27/h9,11-12,16-18H,6,8,13-15H2,1-5H3. The maximum Gasteiger partial charge on any atom is 0.308 e. The molecule has 0 heterocycles. The van der Waals surface area contributed by atoms with E-state index in [0.29, 0.717) is 37.8 Å². The van der Waals surface area contributed by atoms with Gasteiger partial charge in [-0.3, -0.25) is 9.59 Å². The molecule has 0 saturated carbocycles. The largest absolute Gasteiger partial charge is 0.469 e. The van der Waals surface area contributed by atoms with Crippen molar-refractivity contribution in [3.05, 3.63) is 35.4 Å². The van der Waals surface area contributed by atoms with Crippen LogP contribution >= 0.6 is 0 Å². The molecule has 0 bridgehead atoms. The molecule has 0 radical (unpaired) electrons. The van der Waals surface area contributed by atoms with Gasteiger partial charge in [0, 0.05) is 37.1 Å². The summed E-state index contributed by atoms with van der Waals surface area (Å²) in [5.41, 5.74) is 1.36. The molecule has 0 aliphatic rings. The molecule has 0 aliphatic carbocycles. The van der Waals surface area contributed by atoms with E-state index in [1.165, 1.54) is 17.7 Å². The number of sulfonamides is 1. The lowest BCUT2D eigenvalue weighted by atomic mass is 9.91. The number of hydrogen-bond acceptors (Lipinski definition) is 5. The van der Waals surface area contributed by atoms with Crippen molar-refractivity contribution >= 4 is 21.8 Å². The van der Waals surface area contributed by atoms with E-state index >= 15 is 0 Å². The topological polar surface area (TPSA) is 80.8 Å². The van der Waals surface area contributed by atoms with E-state index in [4.69, 9.17) is 4.74 Å². The second-order valence-corrected chi connectivity index (χ2v) is 9.43. The first-order chi connectivity index (χ1) is 13.6. The van der Waals surface area contributed by atoms with E-state index in [9.17, 15) is 18.0 Å². The molecule has 160 valence electrons. The molecular formula is C22H31NO5S.